The van der Waals surface area contributed by atoms with Gasteiger partial charge < -0.3 is 16.1 Å². The molecule has 0 saturated carbocycles. The van der Waals surface area contributed by atoms with Crippen molar-refractivity contribution in [3.63, 3.8) is 0 Å². The minimum atomic E-state index is -1.09. The first-order chi connectivity index (χ1) is 5.77. The minimum Gasteiger partial charge on any atom is -0.545 e. The molecule has 13 heavy (non-hydrogen) atoms. The Bertz CT molecular complexity index is 144. The third-order valence-electron chi connectivity index (χ3n) is 1.73. The Morgan fingerprint density at radius 3 is 2.38 bits per heavy atom. The molecule has 4 N–H and O–H groups in total. The first kappa shape index (κ1) is 14.7. The summed E-state index contributed by atoms with van der Waals surface area (Å²) in [5, 5.41) is 9.94. The number of allylic oxidation sites excluding steroid dienone is 1. The Hall–Kier alpha value is -0.830. The second kappa shape index (κ2) is 11.2. The van der Waals surface area contributed by atoms with Crippen LogP contribution in [0.1, 0.15) is 45.4 Å². The quantitative estimate of drug-likeness (QED) is 0.489. The second-order valence-electron chi connectivity index (χ2n) is 2.92. The second-order valence-corrected chi connectivity index (χ2v) is 2.92. The summed E-state index contributed by atoms with van der Waals surface area (Å²) in [4.78, 5) is 9.94. The molecule has 0 spiro atoms. The Labute approximate surface area is 80.4 Å². The number of carbonyl (C=O) groups is 1. The van der Waals surface area contributed by atoms with Crippen LogP contribution in [0.3, 0.4) is 0 Å². The van der Waals surface area contributed by atoms with Crippen LogP contribution in [0.4, 0.5) is 0 Å². The molecule has 0 aliphatic carbocycles. The lowest BCUT2D eigenvalue weighted by molar-refractivity contribution is -0.297. The average Bonchev–Trinajstić information content (AvgIpc) is 2.02. The van der Waals surface area contributed by atoms with Crippen molar-refractivity contribution in [3.8, 4) is 0 Å². The van der Waals surface area contributed by atoms with Crippen LogP contribution >= 0.6 is 0 Å². The van der Waals surface area contributed by atoms with Gasteiger partial charge in [-0.2, -0.15) is 0 Å². The van der Waals surface area contributed by atoms with Crippen molar-refractivity contribution in [1.29, 1.82) is 0 Å². The number of hydrogen-bond acceptors (Lipinski definition) is 2. The van der Waals surface area contributed by atoms with E-state index in [9.17, 15) is 9.90 Å². The first-order valence-corrected chi connectivity index (χ1v) is 4.65. The first-order valence-electron chi connectivity index (χ1n) is 4.65. The lowest BCUT2D eigenvalue weighted by Gasteiger charge is -1.96. The molecule has 0 radical (unpaired) electrons. The molecule has 0 amide bonds. The molecule has 78 valence electrons. The van der Waals surface area contributed by atoms with Gasteiger partial charge in [-0.05, 0) is 18.9 Å². The van der Waals surface area contributed by atoms with Crippen LogP contribution < -0.4 is 11.3 Å². The summed E-state index contributed by atoms with van der Waals surface area (Å²) in [5.74, 6) is -1.09. The van der Waals surface area contributed by atoms with E-state index in [1.165, 1.54) is 25.7 Å². The fourth-order valence-electron chi connectivity index (χ4n) is 1.05. The van der Waals surface area contributed by atoms with Gasteiger partial charge in [0.1, 0.15) is 0 Å². The average molecular weight is 187 g/mol. The molecule has 0 bridgehead atoms. The van der Waals surface area contributed by atoms with Gasteiger partial charge in [0.2, 0.25) is 0 Å². The van der Waals surface area contributed by atoms with Crippen LogP contribution in [-0.4, -0.2) is 5.97 Å². The highest BCUT2D eigenvalue weighted by Crippen LogP contribution is 2.04. The number of rotatable bonds is 7. The molecule has 0 aromatic heterocycles. The number of carboxylic acid groups (broad SMARTS) is 1. The highest BCUT2D eigenvalue weighted by Gasteiger charge is 1.85. The van der Waals surface area contributed by atoms with E-state index in [0.717, 1.165) is 18.9 Å². The topological polar surface area (TPSA) is 76.6 Å². The van der Waals surface area contributed by atoms with Gasteiger partial charge in [-0.1, -0.05) is 38.7 Å². The summed E-state index contributed by atoms with van der Waals surface area (Å²) in [6, 6.07) is 0. The van der Waals surface area contributed by atoms with E-state index in [-0.39, 0.29) is 6.15 Å². The zero-order chi connectivity index (χ0) is 9.23. The molecule has 0 unspecified atom stereocenters. The number of quaternary nitrogens is 1. The van der Waals surface area contributed by atoms with E-state index in [2.05, 4.69) is 6.92 Å². The van der Waals surface area contributed by atoms with Crippen molar-refractivity contribution in [1.82, 2.24) is 6.15 Å². The molecular weight excluding hydrogens is 166 g/mol. The molecule has 0 fully saturated rings. The SMILES string of the molecule is CCCCCCCC=CC(=O)[O-].[NH4+]. The van der Waals surface area contributed by atoms with Crippen molar-refractivity contribution in [2.45, 2.75) is 45.4 Å². The predicted octanol–water partition coefficient (Wildman–Crippen LogP) is 2.03. The minimum absolute atomic E-state index is 0. The van der Waals surface area contributed by atoms with E-state index >= 15 is 0 Å². The van der Waals surface area contributed by atoms with Gasteiger partial charge in [0, 0.05) is 0 Å². The fraction of sp³-hybridized carbons (Fsp3) is 0.700. The van der Waals surface area contributed by atoms with Crippen LogP contribution in [-0.2, 0) is 4.79 Å². The maximum Gasteiger partial charge on any atom is 0.0639 e. The van der Waals surface area contributed by atoms with E-state index < -0.39 is 5.97 Å². The standard InChI is InChI=1S/C10H18O2.H3N/c1-2-3-4-5-6-7-8-9-10(11)12;/h8-9H,2-7H2,1H3,(H,11,12);1H3. The summed E-state index contributed by atoms with van der Waals surface area (Å²) in [5.41, 5.74) is 0. The molecule has 0 aromatic rings. The lowest BCUT2D eigenvalue weighted by atomic mass is 10.1. The van der Waals surface area contributed by atoms with Gasteiger partial charge in [-0.3, -0.25) is 0 Å². The molecule has 0 aromatic carbocycles. The maximum absolute atomic E-state index is 9.94. The normalized spacial score (nSPS) is 9.92. The van der Waals surface area contributed by atoms with Gasteiger partial charge in [-0.15, -0.1) is 0 Å². The molecule has 3 nitrogen and oxygen atoms in total. The predicted molar refractivity (Wildman–Crippen MR) is 53.5 cm³/mol. The summed E-state index contributed by atoms with van der Waals surface area (Å²) >= 11 is 0. The molecule has 0 heterocycles. The summed E-state index contributed by atoms with van der Waals surface area (Å²) in [7, 11) is 0. The molecule has 0 atom stereocenters. The summed E-state index contributed by atoms with van der Waals surface area (Å²) in [6.45, 7) is 2.18. The maximum atomic E-state index is 9.94. The molecule has 0 saturated heterocycles. The Morgan fingerprint density at radius 2 is 1.85 bits per heavy atom. The lowest BCUT2D eigenvalue weighted by Crippen LogP contribution is -2.18. The summed E-state index contributed by atoms with van der Waals surface area (Å²) < 4.78 is 0. The highest BCUT2D eigenvalue weighted by molar-refractivity contribution is 5.77. The number of carboxylic acids is 1. The number of hydrogen-bond donors (Lipinski definition) is 1. The van der Waals surface area contributed by atoms with Gasteiger partial charge in [0.25, 0.3) is 0 Å². The van der Waals surface area contributed by atoms with E-state index in [1.807, 2.05) is 0 Å². The third-order valence-corrected chi connectivity index (χ3v) is 1.73. The van der Waals surface area contributed by atoms with E-state index in [4.69, 9.17) is 0 Å². The molecule has 0 rings (SSSR count). The third kappa shape index (κ3) is 14.1. The van der Waals surface area contributed by atoms with Gasteiger partial charge >= 0.3 is 0 Å². The Balaban J connectivity index is 0. The molecule has 3 heteroatoms. The van der Waals surface area contributed by atoms with Crippen LogP contribution in [0.25, 0.3) is 0 Å². The summed E-state index contributed by atoms with van der Waals surface area (Å²) in [6.07, 6.45) is 9.71. The number of unbranched alkanes of at least 4 members (excludes halogenated alkanes) is 5. The van der Waals surface area contributed by atoms with Gasteiger partial charge in [0.05, 0.1) is 5.97 Å². The van der Waals surface area contributed by atoms with Crippen LogP contribution in [0, 0.1) is 0 Å². The number of aliphatic carboxylic acids is 1. The van der Waals surface area contributed by atoms with Gasteiger partial charge in [-0.25, -0.2) is 0 Å². The largest absolute Gasteiger partial charge is 0.545 e. The van der Waals surface area contributed by atoms with Gasteiger partial charge in [0.15, 0.2) is 0 Å². The zero-order valence-electron chi connectivity index (χ0n) is 8.71. The van der Waals surface area contributed by atoms with Crippen LogP contribution in [0.5, 0.6) is 0 Å². The van der Waals surface area contributed by atoms with Crippen molar-refractivity contribution in [2.24, 2.45) is 0 Å². The fourth-order valence-corrected chi connectivity index (χ4v) is 1.05. The van der Waals surface area contributed by atoms with E-state index in [0.29, 0.717) is 0 Å². The molecule has 0 aliphatic rings. The van der Waals surface area contributed by atoms with Crippen LogP contribution in [0.2, 0.25) is 0 Å². The van der Waals surface area contributed by atoms with Crippen LogP contribution in [0.15, 0.2) is 12.2 Å². The van der Waals surface area contributed by atoms with Crippen molar-refractivity contribution >= 4 is 5.97 Å². The Kier molecular flexibility index (Phi) is 12.6. The Morgan fingerprint density at radius 1 is 1.23 bits per heavy atom. The highest BCUT2D eigenvalue weighted by atomic mass is 16.4. The molecular formula is C10H21NO2. The monoisotopic (exact) mass is 187 g/mol. The smallest absolute Gasteiger partial charge is 0.0639 e. The zero-order valence-corrected chi connectivity index (χ0v) is 8.71. The van der Waals surface area contributed by atoms with Crippen molar-refractivity contribution in [2.75, 3.05) is 0 Å². The van der Waals surface area contributed by atoms with Crippen molar-refractivity contribution in [3.05, 3.63) is 12.2 Å². The van der Waals surface area contributed by atoms with Crippen molar-refractivity contribution < 1.29 is 9.90 Å². The number of carbonyl (C=O) groups excluding carboxylic acids is 1. The van der Waals surface area contributed by atoms with E-state index in [1.54, 1.807) is 6.08 Å². The molecule has 0 aliphatic heterocycles.